The van der Waals surface area contributed by atoms with E-state index < -0.39 is 0 Å². The number of carbonyl (C=O) groups is 1. The molecule has 1 heterocycles. The van der Waals surface area contributed by atoms with Crippen molar-refractivity contribution in [1.82, 2.24) is 5.32 Å². The Morgan fingerprint density at radius 3 is 2.78 bits per heavy atom. The van der Waals surface area contributed by atoms with Gasteiger partial charge in [-0.3, -0.25) is 4.79 Å². The molecule has 5 unspecified atom stereocenters. The molecule has 2 saturated carbocycles. The summed E-state index contributed by atoms with van der Waals surface area (Å²) in [5, 5.41) is 3.16. The van der Waals surface area contributed by atoms with E-state index in [9.17, 15) is 9.18 Å². The van der Waals surface area contributed by atoms with E-state index in [0.717, 1.165) is 35.5 Å². The van der Waals surface area contributed by atoms with Gasteiger partial charge in [0.25, 0.3) is 0 Å². The van der Waals surface area contributed by atoms with E-state index in [1.54, 1.807) is 17.8 Å². The fourth-order valence-electron chi connectivity index (χ4n) is 4.51. The van der Waals surface area contributed by atoms with E-state index in [2.05, 4.69) is 5.32 Å². The molecule has 23 heavy (non-hydrogen) atoms. The molecule has 1 aromatic carbocycles. The number of thioether (sulfide) groups is 1. The lowest BCUT2D eigenvalue weighted by molar-refractivity contribution is -0.127. The van der Waals surface area contributed by atoms with Gasteiger partial charge < -0.3 is 11.1 Å². The van der Waals surface area contributed by atoms with E-state index in [0.29, 0.717) is 11.8 Å². The minimum atomic E-state index is -0.239. The molecule has 0 spiro atoms. The van der Waals surface area contributed by atoms with Crippen LogP contribution >= 0.6 is 24.2 Å². The van der Waals surface area contributed by atoms with Crippen LogP contribution in [-0.4, -0.2) is 17.7 Å². The number of halogens is 2. The van der Waals surface area contributed by atoms with Crippen molar-refractivity contribution in [1.29, 1.82) is 0 Å². The Morgan fingerprint density at radius 1 is 1.26 bits per heavy atom. The predicted octanol–water partition coefficient (Wildman–Crippen LogP) is 3.27. The van der Waals surface area contributed by atoms with Crippen molar-refractivity contribution in [2.24, 2.45) is 23.5 Å². The van der Waals surface area contributed by atoms with Gasteiger partial charge in [0.2, 0.25) is 5.91 Å². The largest absolute Gasteiger partial charge is 0.349 e. The number of benzene rings is 1. The predicted molar refractivity (Wildman–Crippen MR) is 92.2 cm³/mol. The molecule has 0 radical (unpaired) electrons. The maximum Gasteiger partial charge on any atom is 0.225 e. The van der Waals surface area contributed by atoms with Crippen molar-refractivity contribution in [3.8, 4) is 0 Å². The maximum atomic E-state index is 13.5. The fraction of sp³-hybridized carbons (Fsp3) is 0.588. The zero-order valence-electron chi connectivity index (χ0n) is 12.8. The van der Waals surface area contributed by atoms with Crippen LogP contribution in [0.25, 0.3) is 0 Å². The van der Waals surface area contributed by atoms with Crippen molar-refractivity contribution in [2.75, 3.05) is 5.75 Å². The number of fused-ring (bicyclic) bond motifs is 3. The van der Waals surface area contributed by atoms with Crippen LogP contribution in [0.1, 0.15) is 37.3 Å². The molecule has 2 bridgehead atoms. The summed E-state index contributed by atoms with van der Waals surface area (Å²) in [6, 6.07) is 4.79. The van der Waals surface area contributed by atoms with Gasteiger partial charge in [0.15, 0.2) is 0 Å². The Hall–Kier alpha value is -0.780. The van der Waals surface area contributed by atoms with Crippen LogP contribution in [0.15, 0.2) is 23.1 Å². The summed E-state index contributed by atoms with van der Waals surface area (Å²) in [7, 11) is 0. The molecule has 0 saturated heterocycles. The second-order valence-corrected chi connectivity index (χ2v) is 7.95. The zero-order valence-corrected chi connectivity index (χ0v) is 14.5. The van der Waals surface area contributed by atoms with Crippen LogP contribution in [0, 0.1) is 23.6 Å². The molecule has 4 rings (SSSR count). The second kappa shape index (κ2) is 6.61. The van der Waals surface area contributed by atoms with Gasteiger partial charge in [-0.15, -0.1) is 24.2 Å². The summed E-state index contributed by atoms with van der Waals surface area (Å²) in [5.74, 6) is 1.71. The number of carbonyl (C=O) groups excluding carboxylic acids is 1. The first-order valence-electron chi connectivity index (χ1n) is 8.11. The lowest BCUT2D eigenvalue weighted by Crippen LogP contribution is -2.46. The zero-order chi connectivity index (χ0) is 15.3. The van der Waals surface area contributed by atoms with Gasteiger partial charge >= 0.3 is 0 Å². The lowest BCUT2D eigenvalue weighted by atomic mass is 9.84. The highest BCUT2D eigenvalue weighted by molar-refractivity contribution is 7.99. The topological polar surface area (TPSA) is 55.1 Å². The molecule has 5 atom stereocenters. The first-order chi connectivity index (χ1) is 10.6. The van der Waals surface area contributed by atoms with Crippen molar-refractivity contribution in [2.45, 2.75) is 42.7 Å². The van der Waals surface area contributed by atoms with E-state index in [1.807, 2.05) is 6.07 Å². The van der Waals surface area contributed by atoms with Gasteiger partial charge in [0.05, 0.1) is 12.0 Å². The lowest BCUT2D eigenvalue weighted by Gasteiger charge is -2.31. The standard InChI is InChI=1S/C17H21FN2OS.ClH/c18-11-3-4-14-12(8-11)13(5-6-22-14)20-17(21)15-9-1-2-10(7-9)16(15)19;/h3-4,8-10,13,15-16H,1-2,5-7,19H2,(H,20,21);1H. The van der Waals surface area contributed by atoms with Crippen molar-refractivity contribution in [3.63, 3.8) is 0 Å². The van der Waals surface area contributed by atoms with Gasteiger partial charge in [-0.05, 0) is 61.3 Å². The fourth-order valence-corrected chi connectivity index (χ4v) is 5.61. The van der Waals surface area contributed by atoms with E-state index in [4.69, 9.17) is 5.73 Å². The SMILES string of the molecule is Cl.NC1C2CCC(C2)C1C(=O)NC1CCSc2ccc(F)cc21. The first-order valence-corrected chi connectivity index (χ1v) is 9.10. The average Bonchev–Trinajstić information content (AvgIpc) is 3.08. The quantitative estimate of drug-likeness (QED) is 0.855. The van der Waals surface area contributed by atoms with Gasteiger partial charge in [-0.1, -0.05) is 0 Å². The highest BCUT2D eigenvalue weighted by atomic mass is 35.5. The van der Waals surface area contributed by atoms with E-state index in [1.165, 1.54) is 12.5 Å². The molecule has 1 aromatic rings. The highest BCUT2D eigenvalue weighted by Crippen LogP contribution is 2.48. The third kappa shape index (κ3) is 2.99. The van der Waals surface area contributed by atoms with Crippen molar-refractivity contribution >= 4 is 30.1 Å². The molecule has 2 fully saturated rings. The van der Waals surface area contributed by atoms with Gasteiger partial charge in [-0.2, -0.15) is 0 Å². The van der Waals surface area contributed by atoms with Crippen molar-refractivity contribution < 1.29 is 9.18 Å². The number of nitrogens with one attached hydrogen (secondary N) is 1. The Kier molecular flexibility index (Phi) is 4.90. The summed E-state index contributed by atoms with van der Waals surface area (Å²) in [6.45, 7) is 0. The summed E-state index contributed by atoms with van der Waals surface area (Å²) < 4.78 is 13.5. The van der Waals surface area contributed by atoms with Crippen molar-refractivity contribution in [3.05, 3.63) is 29.6 Å². The Bertz CT molecular complexity index is 612. The number of hydrogen-bond acceptors (Lipinski definition) is 3. The van der Waals surface area contributed by atoms with Crippen LogP contribution in [0.2, 0.25) is 0 Å². The Balaban J connectivity index is 0.00000156. The molecule has 2 aliphatic carbocycles. The normalized spacial score (nSPS) is 34.6. The van der Waals surface area contributed by atoms with Gasteiger partial charge in [0, 0.05) is 16.7 Å². The van der Waals surface area contributed by atoms with Gasteiger partial charge in [0.1, 0.15) is 5.82 Å². The molecule has 126 valence electrons. The van der Waals surface area contributed by atoms with Gasteiger partial charge in [-0.25, -0.2) is 4.39 Å². The highest BCUT2D eigenvalue weighted by Gasteiger charge is 2.49. The molecule has 1 amide bonds. The third-order valence-corrected chi connectivity index (χ3v) is 6.73. The summed E-state index contributed by atoms with van der Waals surface area (Å²) in [6.07, 6.45) is 4.25. The van der Waals surface area contributed by atoms with Crippen LogP contribution in [0.5, 0.6) is 0 Å². The van der Waals surface area contributed by atoms with Crippen LogP contribution < -0.4 is 11.1 Å². The summed E-state index contributed by atoms with van der Waals surface area (Å²) in [5.41, 5.74) is 7.18. The molecular formula is C17H22ClFN2OS. The molecule has 3 N–H and O–H groups in total. The molecule has 0 aromatic heterocycles. The minimum Gasteiger partial charge on any atom is -0.349 e. The maximum absolute atomic E-state index is 13.5. The number of amides is 1. The number of rotatable bonds is 2. The minimum absolute atomic E-state index is 0. The monoisotopic (exact) mass is 356 g/mol. The molecular weight excluding hydrogens is 335 g/mol. The first kappa shape index (κ1) is 17.1. The summed E-state index contributed by atoms with van der Waals surface area (Å²) in [4.78, 5) is 13.8. The second-order valence-electron chi connectivity index (χ2n) is 6.82. The molecule has 6 heteroatoms. The number of hydrogen-bond donors (Lipinski definition) is 2. The smallest absolute Gasteiger partial charge is 0.225 e. The molecule has 1 aliphatic heterocycles. The average molecular weight is 357 g/mol. The third-order valence-electron chi connectivity index (χ3n) is 5.61. The number of nitrogens with two attached hydrogens (primary N) is 1. The van der Waals surface area contributed by atoms with E-state index >= 15 is 0 Å². The molecule has 3 nitrogen and oxygen atoms in total. The molecule has 3 aliphatic rings. The van der Waals surface area contributed by atoms with Crippen LogP contribution in [0.3, 0.4) is 0 Å². The van der Waals surface area contributed by atoms with Crippen LogP contribution in [0.4, 0.5) is 4.39 Å². The van der Waals surface area contributed by atoms with E-state index in [-0.39, 0.29) is 42.1 Å². The Morgan fingerprint density at radius 2 is 2.04 bits per heavy atom. The Labute approximate surface area is 146 Å². The van der Waals surface area contributed by atoms with Crippen LogP contribution in [-0.2, 0) is 4.79 Å². The summed E-state index contributed by atoms with van der Waals surface area (Å²) >= 11 is 1.73.